The van der Waals surface area contributed by atoms with E-state index in [-0.39, 0.29) is 17.3 Å². The van der Waals surface area contributed by atoms with E-state index in [2.05, 4.69) is 10.2 Å². The van der Waals surface area contributed by atoms with Crippen LogP contribution >= 0.6 is 0 Å². The molecule has 0 saturated heterocycles. The molecule has 0 aliphatic rings. The highest BCUT2D eigenvalue weighted by atomic mass is 16.6. The molecule has 0 N–H and O–H groups in total. The van der Waals surface area contributed by atoms with E-state index >= 15 is 0 Å². The van der Waals surface area contributed by atoms with Gasteiger partial charge in [-0.2, -0.15) is 0 Å². The fraction of sp³-hybridized carbons (Fsp3) is 0.500. The maximum atomic E-state index is 12.3. The van der Waals surface area contributed by atoms with Crippen molar-refractivity contribution >= 4 is 35.6 Å². The van der Waals surface area contributed by atoms with E-state index in [1.807, 2.05) is 0 Å². The minimum absolute atomic E-state index is 0.149. The lowest BCUT2D eigenvalue weighted by molar-refractivity contribution is -0.190. The Labute approximate surface area is 192 Å². The Hall–Kier alpha value is -4.10. The molecule has 184 valence electrons. The zero-order valence-corrected chi connectivity index (χ0v) is 19.4. The maximum absolute atomic E-state index is 12.3. The van der Waals surface area contributed by atoms with Gasteiger partial charge in [0.1, 0.15) is 6.61 Å². The zero-order chi connectivity index (χ0) is 25.7. The largest absolute Gasteiger partial charge is 0.462 e. The van der Waals surface area contributed by atoms with Gasteiger partial charge in [-0.05, 0) is 6.92 Å². The third kappa shape index (κ3) is 6.02. The van der Waals surface area contributed by atoms with Gasteiger partial charge in [-0.3, -0.25) is 33.2 Å². The van der Waals surface area contributed by atoms with Gasteiger partial charge in [-0.1, -0.05) is 0 Å². The van der Waals surface area contributed by atoms with Gasteiger partial charge in [0.25, 0.3) is 5.56 Å². The predicted octanol–water partition coefficient (Wildman–Crippen LogP) is -0.110. The van der Waals surface area contributed by atoms with Crippen LogP contribution in [0.2, 0.25) is 0 Å². The van der Waals surface area contributed by atoms with Crippen LogP contribution in [0.1, 0.15) is 57.0 Å². The smallest absolute Gasteiger partial charge is 0.303 e. The summed E-state index contributed by atoms with van der Waals surface area (Å²) in [5, 5.41) is 7.84. The summed E-state index contributed by atoms with van der Waals surface area (Å²) < 4.78 is 22.8. The standard InChI is InChI=1S/C20H24N4O10/c1-9-7-16(30)24(10(2)25)20-22-21-19(23(9)20)18(34-14(6)29)17(33-13(5)28)15(32-12(4)27)8-31-11(3)26/h7,15,17-18H,8H2,1-6H3/t15-,17+,18-/m1/s1. The van der Waals surface area contributed by atoms with Crippen LogP contribution in [0.3, 0.4) is 0 Å². The zero-order valence-electron chi connectivity index (χ0n) is 19.4. The van der Waals surface area contributed by atoms with Crippen LogP contribution in [0.15, 0.2) is 10.9 Å². The third-order valence-corrected chi connectivity index (χ3v) is 4.37. The maximum Gasteiger partial charge on any atom is 0.303 e. The summed E-state index contributed by atoms with van der Waals surface area (Å²) in [5.74, 6) is -4.17. The molecular formula is C20H24N4O10. The van der Waals surface area contributed by atoms with Gasteiger partial charge in [0.05, 0.1) is 0 Å². The molecule has 2 heterocycles. The molecule has 0 bridgehead atoms. The van der Waals surface area contributed by atoms with Gasteiger partial charge in [-0.25, -0.2) is 4.57 Å². The van der Waals surface area contributed by atoms with E-state index in [0.29, 0.717) is 0 Å². The molecule has 2 aromatic heterocycles. The summed E-state index contributed by atoms with van der Waals surface area (Å²) >= 11 is 0. The van der Waals surface area contributed by atoms with E-state index in [9.17, 15) is 28.8 Å². The topological polar surface area (TPSA) is 174 Å². The van der Waals surface area contributed by atoms with Gasteiger partial charge in [0.2, 0.25) is 17.8 Å². The molecule has 0 saturated carbocycles. The van der Waals surface area contributed by atoms with Crippen LogP contribution in [-0.4, -0.2) is 67.8 Å². The molecule has 14 nitrogen and oxygen atoms in total. The summed E-state index contributed by atoms with van der Waals surface area (Å²) in [5.41, 5.74) is -0.398. The number of carbonyl (C=O) groups excluding carboxylic acids is 5. The predicted molar refractivity (Wildman–Crippen MR) is 111 cm³/mol. The molecule has 0 unspecified atom stereocenters. The molecule has 14 heteroatoms. The van der Waals surface area contributed by atoms with Crippen LogP contribution in [0.25, 0.3) is 5.78 Å². The van der Waals surface area contributed by atoms with Crippen molar-refractivity contribution < 1.29 is 42.9 Å². The number of carbonyl (C=O) groups is 5. The number of rotatable bonds is 8. The lowest BCUT2D eigenvalue weighted by Crippen LogP contribution is -2.44. The van der Waals surface area contributed by atoms with Crippen molar-refractivity contribution in [2.75, 3.05) is 6.61 Å². The van der Waals surface area contributed by atoms with E-state index in [1.54, 1.807) is 0 Å². The van der Waals surface area contributed by atoms with Crippen molar-refractivity contribution in [1.29, 1.82) is 0 Å². The second-order valence-electron chi connectivity index (χ2n) is 7.23. The third-order valence-electron chi connectivity index (χ3n) is 4.37. The van der Waals surface area contributed by atoms with Gasteiger partial charge in [-0.15, -0.1) is 10.2 Å². The van der Waals surface area contributed by atoms with Crippen molar-refractivity contribution in [1.82, 2.24) is 19.2 Å². The van der Waals surface area contributed by atoms with E-state index in [0.717, 1.165) is 45.3 Å². The molecule has 0 aromatic carbocycles. The van der Waals surface area contributed by atoms with Crippen LogP contribution in [0.4, 0.5) is 0 Å². The molecular weight excluding hydrogens is 456 g/mol. The Bertz CT molecular complexity index is 1200. The fourth-order valence-corrected chi connectivity index (χ4v) is 3.24. The average Bonchev–Trinajstić information content (AvgIpc) is 3.11. The number of ether oxygens (including phenoxy) is 4. The first-order chi connectivity index (χ1) is 15.8. The first-order valence-electron chi connectivity index (χ1n) is 9.97. The van der Waals surface area contributed by atoms with Crippen LogP contribution in [0.5, 0.6) is 0 Å². The Kier molecular flexibility index (Phi) is 8.21. The average molecular weight is 480 g/mol. The minimum Gasteiger partial charge on any atom is -0.462 e. The summed E-state index contributed by atoms with van der Waals surface area (Å²) in [7, 11) is 0. The Morgan fingerprint density at radius 3 is 1.97 bits per heavy atom. The number of aromatic nitrogens is 4. The molecule has 0 radical (unpaired) electrons. The van der Waals surface area contributed by atoms with Gasteiger partial charge < -0.3 is 18.9 Å². The number of hydrogen-bond donors (Lipinski definition) is 0. The van der Waals surface area contributed by atoms with Crippen LogP contribution in [-0.2, 0) is 38.1 Å². The van der Waals surface area contributed by atoms with Gasteiger partial charge in [0.15, 0.2) is 18.0 Å². The first-order valence-corrected chi connectivity index (χ1v) is 9.97. The summed E-state index contributed by atoms with van der Waals surface area (Å²) in [6.45, 7) is 6.45. The highest BCUT2D eigenvalue weighted by Crippen LogP contribution is 2.28. The lowest BCUT2D eigenvalue weighted by Gasteiger charge is -2.30. The Morgan fingerprint density at radius 1 is 0.882 bits per heavy atom. The molecule has 2 aromatic rings. The van der Waals surface area contributed by atoms with Crippen molar-refractivity contribution in [3.8, 4) is 0 Å². The molecule has 2 rings (SSSR count). The number of hydrogen-bond acceptors (Lipinski definition) is 12. The molecule has 34 heavy (non-hydrogen) atoms. The van der Waals surface area contributed by atoms with Crippen molar-refractivity contribution in [3.05, 3.63) is 27.9 Å². The minimum atomic E-state index is -1.55. The number of fused-ring (bicyclic) bond motifs is 1. The molecule has 0 aliphatic carbocycles. The number of nitrogens with zero attached hydrogens (tertiary/aromatic N) is 4. The van der Waals surface area contributed by atoms with Crippen LogP contribution in [0, 0.1) is 6.92 Å². The van der Waals surface area contributed by atoms with Crippen molar-refractivity contribution in [2.45, 2.75) is 59.9 Å². The highest BCUT2D eigenvalue weighted by molar-refractivity contribution is 5.79. The van der Waals surface area contributed by atoms with E-state index in [4.69, 9.17) is 18.9 Å². The molecule has 0 fully saturated rings. The highest BCUT2D eigenvalue weighted by Gasteiger charge is 2.42. The summed E-state index contributed by atoms with van der Waals surface area (Å²) in [6, 6.07) is 1.13. The fourth-order valence-electron chi connectivity index (χ4n) is 3.24. The summed E-state index contributed by atoms with van der Waals surface area (Å²) in [4.78, 5) is 71.3. The van der Waals surface area contributed by atoms with E-state index < -0.39 is 60.3 Å². The van der Waals surface area contributed by atoms with Crippen LogP contribution < -0.4 is 5.56 Å². The SMILES string of the molecule is CC(=O)OC[C@@H](OC(C)=O)[C@H](OC(C)=O)[C@@H](OC(C)=O)c1nnc2n(C(C)=O)c(=O)cc(C)n12. The summed E-state index contributed by atoms with van der Waals surface area (Å²) in [6.07, 6.45) is -4.51. The molecule has 0 amide bonds. The second-order valence-corrected chi connectivity index (χ2v) is 7.23. The number of esters is 4. The van der Waals surface area contributed by atoms with Crippen molar-refractivity contribution in [3.63, 3.8) is 0 Å². The molecule has 0 spiro atoms. The van der Waals surface area contributed by atoms with Gasteiger partial charge >= 0.3 is 23.9 Å². The molecule has 0 aliphatic heterocycles. The first kappa shape index (κ1) is 26.2. The van der Waals surface area contributed by atoms with E-state index in [1.165, 1.54) is 11.3 Å². The van der Waals surface area contributed by atoms with Gasteiger partial charge in [0, 0.05) is 46.4 Å². The Balaban J connectivity index is 2.77. The monoisotopic (exact) mass is 480 g/mol. The Morgan fingerprint density at radius 2 is 1.47 bits per heavy atom. The lowest BCUT2D eigenvalue weighted by atomic mass is 10.1. The molecule has 3 atom stereocenters. The quantitative estimate of drug-likeness (QED) is 0.363. The second kappa shape index (κ2) is 10.7. The number of aryl methyl sites for hydroxylation is 1. The van der Waals surface area contributed by atoms with Crippen molar-refractivity contribution in [2.24, 2.45) is 0 Å². The normalized spacial score (nSPS) is 13.5.